The molecule has 0 aliphatic rings. The highest BCUT2D eigenvalue weighted by molar-refractivity contribution is 6.33. The van der Waals surface area contributed by atoms with Crippen LogP contribution < -0.4 is 0 Å². The first-order valence-corrected chi connectivity index (χ1v) is 17.6. The lowest BCUT2D eigenvalue weighted by Gasteiger charge is -2.16. The average molecular weight is 662 g/mol. The second kappa shape index (κ2) is 12.4. The summed E-state index contributed by atoms with van der Waals surface area (Å²) < 4.78 is 0. The smallest absolute Gasteiger partial charge is 0.160 e. The molecule has 0 saturated carbocycles. The van der Waals surface area contributed by atoms with Crippen molar-refractivity contribution in [3.8, 4) is 56.2 Å². The highest BCUT2D eigenvalue weighted by Crippen LogP contribution is 2.43. The van der Waals surface area contributed by atoms with E-state index >= 15 is 0 Å². The molecule has 0 radical (unpaired) electrons. The van der Waals surface area contributed by atoms with Gasteiger partial charge in [-0.25, -0.2) is 9.97 Å². The van der Waals surface area contributed by atoms with Crippen molar-refractivity contribution in [3.05, 3.63) is 188 Å². The minimum absolute atomic E-state index is 0.691. The Morgan fingerprint density at radius 1 is 0.288 bits per heavy atom. The van der Waals surface area contributed by atoms with Gasteiger partial charge in [0.1, 0.15) is 0 Å². The van der Waals surface area contributed by atoms with E-state index in [9.17, 15) is 0 Å². The summed E-state index contributed by atoms with van der Waals surface area (Å²) in [5.74, 6) is 0.691. The molecule has 10 aromatic rings. The van der Waals surface area contributed by atoms with Crippen molar-refractivity contribution in [2.75, 3.05) is 0 Å². The van der Waals surface area contributed by atoms with Gasteiger partial charge in [-0.2, -0.15) is 0 Å². The third kappa shape index (κ3) is 5.10. The molecule has 3 heteroatoms. The number of benzene rings is 8. The number of rotatable bonds is 5. The zero-order valence-electron chi connectivity index (χ0n) is 28.2. The van der Waals surface area contributed by atoms with Gasteiger partial charge in [-0.1, -0.05) is 146 Å². The van der Waals surface area contributed by atoms with Gasteiger partial charge < -0.3 is 0 Å². The highest BCUT2D eigenvalue weighted by atomic mass is 14.9. The van der Waals surface area contributed by atoms with Crippen LogP contribution in [0.15, 0.2) is 188 Å². The number of hydrogen-bond donors (Lipinski definition) is 0. The molecule has 0 bridgehead atoms. The van der Waals surface area contributed by atoms with E-state index in [-0.39, 0.29) is 0 Å². The second-order valence-electron chi connectivity index (χ2n) is 13.2. The maximum atomic E-state index is 5.17. The predicted molar refractivity (Wildman–Crippen MR) is 217 cm³/mol. The minimum Gasteiger partial charge on any atom is -0.265 e. The van der Waals surface area contributed by atoms with Crippen LogP contribution in [0.25, 0.3) is 99.2 Å². The van der Waals surface area contributed by atoms with Crippen molar-refractivity contribution in [1.29, 1.82) is 0 Å². The van der Waals surface area contributed by atoms with Crippen LogP contribution in [0.5, 0.6) is 0 Å². The third-order valence-corrected chi connectivity index (χ3v) is 10.2. The normalized spacial score (nSPS) is 11.5. The molecule has 0 aliphatic heterocycles. The van der Waals surface area contributed by atoms with Crippen LogP contribution in [-0.4, -0.2) is 15.0 Å². The first kappa shape index (κ1) is 29.9. The van der Waals surface area contributed by atoms with Crippen molar-refractivity contribution >= 4 is 43.1 Å². The summed E-state index contributed by atoms with van der Waals surface area (Å²) in [5.41, 5.74) is 9.42. The lowest BCUT2D eigenvalue weighted by atomic mass is 9.87. The SMILES string of the molecule is c1ccc(-c2cc(-c3ccc(-c4cc5c6ccccc6c6ccccc6c5c5ccccc45)cc3)nc(-c3cccc(-c4ccncc4)c3)n2)cc1. The first-order chi connectivity index (χ1) is 25.8. The molecule has 8 aromatic carbocycles. The molecule has 3 nitrogen and oxygen atoms in total. The largest absolute Gasteiger partial charge is 0.265 e. The van der Waals surface area contributed by atoms with E-state index in [1.165, 1.54) is 54.2 Å². The Morgan fingerprint density at radius 3 is 1.48 bits per heavy atom. The van der Waals surface area contributed by atoms with E-state index in [1.807, 2.05) is 30.6 Å². The Labute approximate surface area is 301 Å². The Morgan fingerprint density at radius 2 is 0.788 bits per heavy atom. The van der Waals surface area contributed by atoms with Crippen molar-refractivity contribution in [1.82, 2.24) is 15.0 Å². The third-order valence-electron chi connectivity index (χ3n) is 10.2. The van der Waals surface area contributed by atoms with Crippen LogP contribution in [0.4, 0.5) is 0 Å². The van der Waals surface area contributed by atoms with Gasteiger partial charge in [-0.3, -0.25) is 4.98 Å². The number of fused-ring (bicyclic) bond motifs is 8. The van der Waals surface area contributed by atoms with Crippen molar-refractivity contribution < 1.29 is 0 Å². The van der Waals surface area contributed by atoms with Gasteiger partial charge in [0.2, 0.25) is 0 Å². The van der Waals surface area contributed by atoms with Crippen LogP contribution >= 0.6 is 0 Å². The molecule has 0 spiro atoms. The van der Waals surface area contributed by atoms with E-state index in [1.54, 1.807) is 0 Å². The van der Waals surface area contributed by atoms with Crippen LogP contribution in [0.3, 0.4) is 0 Å². The molecule has 0 fully saturated rings. The van der Waals surface area contributed by atoms with Crippen LogP contribution in [0.2, 0.25) is 0 Å². The topological polar surface area (TPSA) is 38.7 Å². The van der Waals surface area contributed by atoms with Crippen molar-refractivity contribution in [2.45, 2.75) is 0 Å². The maximum Gasteiger partial charge on any atom is 0.160 e. The number of pyridine rings is 1. The highest BCUT2D eigenvalue weighted by Gasteiger charge is 2.16. The van der Waals surface area contributed by atoms with E-state index in [2.05, 4.69) is 163 Å². The van der Waals surface area contributed by atoms with Gasteiger partial charge in [-0.05, 0) is 95.7 Å². The fraction of sp³-hybridized carbons (Fsp3) is 0. The molecule has 10 rings (SSSR count). The summed E-state index contributed by atoms with van der Waals surface area (Å²) in [6.45, 7) is 0. The van der Waals surface area contributed by atoms with E-state index in [0.29, 0.717) is 5.82 Å². The molecule has 0 unspecified atom stereocenters. The fourth-order valence-corrected chi connectivity index (χ4v) is 7.69. The van der Waals surface area contributed by atoms with E-state index in [4.69, 9.17) is 9.97 Å². The Balaban J connectivity index is 1.13. The number of nitrogens with zero attached hydrogens (tertiary/aromatic N) is 3. The number of hydrogen-bond acceptors (Lipinski definition) is 3. The molecule has 0 aliphatic carbocycles. The summed E-state index contributed by atoms with van der Waals surface area (Å²) in [6.07, 6.45) is 3.64. The standard InChI is InChI=1S/C49H31N3/c1-2-11-34(12-3-1)46-31-47(52-49(51-46)37-14-10-13-36(29-37)32-25-27-50-28-26-32)35-23-21-33(22-24-35)44-30-45-40-17-5-4-15-38(40)39-16-6-8-19-42(39)48(45)43-20-9-7-18-41(43)44/h1-31H. The lowest BCUT2D eigenvalue weighted by Crippen LogP contribution is -1.96. The monoisotopic (exact) mass is 661 g/mol. The zero-order valence-corrected chi connectivity index (χ0v) is 28.2. The summed E-state index contributed by atoms with van der Waals surface area (Å²) >= 11 is 0. The average Bonchev–Trinajstić information content (AvgIpc) is 3.24. The molecule has 2 aromatic heterocycles. The quantitative estimate of drug-likeness (QED) is 0.172. The lowest BCUT2D eigenvalue weighted by molar-refractivity contribution is 1.18. The molecule has 0 N–H and O–H groups in total. The first-order valence-electron chi connectivity index (χ1n) is 17.6. The van der Waals surface area contributed by atoms with Crippen molar-refractivity contribution in [3.63, 3.8) is 0 Å². The molecule has 0 saturated heterocycles. The van der Waals surface area contributed by atoms with Gasteiger partial charge in [-0.15, -0.1) is 0 Å². The van der Waals surface area contributed by atoms with Crippen molar-refractivity contribution in [2.24, 2.45) is 0 Å². The second-order valence-corrected chi connectivity index (χ2v) is 13.2. The number of aromatic nitrogens is 3. The summed E-state index contributed by atoms with van der Waals surface area (Å²) in [5, 5.41) is 10.2. The summed E-state index contributed by atoms with van der Waals surface area (Å²) in [7, 11) is 0. The minimum atomic E-state index is 0.691. The maximum absolute atomic E-state index is 5.17. The van der Waals surface area contributed by atoms with Gasteiger partial charge >= 0.3 is 0 Å². The van der Waals surface area contributed by atoms with Gasteiger partial charge in [0.15, 0.2) is 5.82 Å². The molecule has 0 amide bonds. The van der Waals surface area contributed by atoms with Gasteiger partial charge in [0.25, 0.3) is 0 Å². The van der Waals surface area contributed by atoms with Gasteiger partial charge in [0.05, 0.1) is 11.4 Å². The van der Waals surface area contributed by atoms with Crippen LogP contribution in [0, 0.1) is 0 Å². The van der Waals surface area contributed by atoms with E-state index in [0.717, 1.165) is 39.2 Å². The fourth-order valence-electron chi connectivity index (χ4n) is 7.69. The molecule has 242 valence electrons. The Hall–Kier alpha value is -6.97. The molecular formula is C49H31N3. The summed E-state index contributed by atoms with van der Waals surface area (Å²) in [6, 6.07) is 62.6. The van der Waals surface area contributed by atoms with Crippen LogP contribution in [0.1, 0.15) is 0 Å². The van der Waals surface area contributed by atoms with E-state index < -0.39 is 0 Å². The predicted octanol–water partition coefficient (Wildman–Crippen LogP) is 12.8. The molecule has 2 heterocycles. The molecular weight excluding hydrogens is 631 g/mol. The summed E-state index contributed by atoms with van der Waals surface area (Å²) in [4.78, 5) is 14.4. The molecule has 52 heavy (non-hydrogen) atoms. The Kier molecular flexibility index (Phi) is 7.14. The molecule has 0 atom stereocenters. The van der Waals surface area contributed by atoms with Crippen LogP contribution in [-0.2, 0) is 0 Å². The van der Waals surface area contributed by atoms with Gasteiger partial charge in [0, 0.05) is 29.1 Å². The Bertz CT molecular complexity index is 2930. The zero-order chi connectivity index (χ0) is 34.4.